The second-order valence-corrected chi connectivity index (χ2v) is 26.4. The summed E-state index contributed by atoms with van der Waals surface area (Å²) in [5.41, 5.74) is 2.87. The van der Waals surface area contributed by atoms with Crippen molar-refractivity contribution in [3.8, 4) is 22.3 Å². The fraction of sp³-hybridized carbons (Fsp3) is 0.316. The van der Waals surface area contributed by atoms with Crippen molar-refractivity contribution in [2.45, 2.75) is 101 Å². The fourth-order valence-corrected chi connectivity index (χ4v) is 11.6. The quantitative estimate of drug-likeness (QED) is 0.0591. The second-order valence-electron chi connectivity index (χ2n) is 21.4. The van der Waals surface area contributed by atoms with Crippen molar-refractivity contribution in [2.75, 3.05) is 36.2 Å². The van der Waals surface area contributed by atoms with Gasteiger partial charge in [0.1, 0.15) is 85.1 Å². The van der Waals surface area contributed by atoms with E-state index < -0.39 is 80.3 Å². The van der Waals surface area contributed by atoms with Crippen LogP contribution in [0.25, 0.3) is 44.1 Å². The SMILES string of the molecule is CC(=O)c1nn(CC(=O)N2C[C@H](F)C[C@H]2C(=O)Nc2cccc(Br)n2)c2ccc(-c3cnc(S(C)(=O)=NC(=O)OC(C)(C)C)nc3)cc12.CC(=O)c1nn(CC(=O)N2C[C@H](F)C[C@H]2C(=O)Nc2cccc(Br)n2)c2ccc(-c3cnc(S(C)=O)nc3)cc12. The minimum absolute atomic E-state index is 0.102. The summed E-state index contributed by atoms with van der Waals surface area (Å²) in [4.78, 5) is 117. The smallest absolute Gasteiger partial charge is 0.442 e. The zero-order valence-corrected chi connectivity index (χ0v) is 52.8. The van der Waals surface area contributed by atoms with E-state index in [-0.39, 0.29) is 83.9 Å². The average molecular weight is 1370 g/mol. The highest BCUT2D eigenvalue weighted by Crippen LogP contribution is 2.31. The average Bonchev–Trinajstić information content (AvgIpc) is 1.73. The number of rotatable bonds is 14. The van der Waals surface area contributed by atoms with Gasteiger partial charge >= 0.3 is 6.09 Å². The number of amides is 5. The number of halogens is 4. The highest BCUT2D eigenvalue weighted by molar-refractivity contribution is 9.10. The molecule has 88 heavy (non-hydrogen) atoms. The first-order valence-electron chi connectivity index (χ1n) is 26.8. The number of ketones is 2. The first-order valence-corrected chi connectivity index (χ1v) is 31.9. The molecule has 8 heterocycles. The molecule has 6 atom stereocenters. The Bertz CT molecular complexity index is 4250. The highest BCUT2D eigenvalue weighted by Gasteiger charge is 2.42. The van der Waals surface area contributed by atoms with Crippen LogP contribution in [-0.2, 0) is 57.5 Å². The third-order valence-corrected chi connectivity index (χ3v) is 16.6. The summed E-state index contributed by atoms with van der Waals surface area (Å²) in [7, 11) is -4.62. The summed E-state index contributed by atoms with van der Waals surface area (Å²) < 4.78 is 66.2. The molecule has 10 rings (SSSR count). The van der Waals surface area contributed by atoms with Crippen molar-refractivity contribution >= 4 is 127 Å². The zero-order valence-electron chi connectivity index (χ0n) is 48.0. The van der Waals surface area contributed by atoms with E-state index in [1.165, 1.54) is 57.9 Å². The van der Waals surface area contributed by atoms with Gasteiger partial charge < -0.3 is 25.2 Å². The maximum atomic E-state index is 14.5. The molecule has 2 unspecified atom stereocenters. The predicted molar refractivity (Wildman–Crippen MR) is 326 cm³/mol. The molecule has 0 saturated carbocycles. The number of likely N-dealkylation sites (tertiary alicyclic amines) is 2. The van der Waals surface area contributed by atoms with Crippen LogP contribution in [0.2, 0.25) is 0 Å². The number of alkyl halides is 2. The largest absolute Gasteiger partial charge is 0.442 e. The van der Waals surface area contributed by atoms with Gasteiger partial charge in [0.25, 0.3) is 0 Å². The van der Waals surface area contributed by atoms with Gasteiger partial charge in [0.2, 0.25) is 33.9 Å². The summed E-state index contributed by atoms with van der Waals surface area (Å²) in [6.45, 7) is 6.56. The number of pyridine rings is 2. The number of hydrogen-bond acceptors (Lipinski definition) is 18. The topological polar surface area (TPSA) is 319 Å². The van der Waals surface area contributed by atoms with Gasteiger partial charge in [-0.15, -0.1) is 4.36 Å². The minimum Gasteiger partial charge on any atom is -0.442 e. The number of Topliss-reactive ketones (excluding diaryl/α,β-unsaturated/α-hetero) is 2. The van der Waals surface area contributed by atoms with Crippen molar-refractivity contribution in [1.29, 1.82) is 0 Å². The molecule has 8 aromatic rings. The fourth-order valence-electron chi connectivity index (χ4n) is 9.65. The van der Waals surface area contributed by atoms with Crippen LogP contribution in [0.5, 0.6) is 0 Å². The molecule has 5 amide bonds. The maximum absolute atomic E-state index is 14.5. The van der Waals surface area contributed by atoms with Crippen molar-refractivity contribution in [2.24, 2.45) is 4.36 Å². The third kappa shape index (κ3) is 15.0. The number of nitrogens with zero attached hydrogens (tertiary/aromatic N) is 13. The molecule has 31 heteroatoms. The number of ether oxygens (including phenoxy) is 1. The monoisotopic (exact) mass is 1370 g/mol. The van der Waals surface area contributed by atoms with Gasteiger partial charge in [-0.25, -0.2) is 47.7 Å². The number of nitrogens with one attached hydrogen (secondary N) is 2. The molecule has 2 aliphatic rings. The van der Waals surface area contributed by atoms with E-state index in [1.807, 2.05) is 0 Å². The molecule has 2 fully saturated rings. The number of carbonyl (C=O) groups excluding carboxylic acids is 7. The van der Waals surface area contributed by atoms with Crippen molar-refractivity contribution in [3.63, 3.8) is 0 Å². The van der Waals surface area contributed by atoms with Gasteiger partial charge in [0.15, 0.2) is 11.6 Å². The molecule has 0 spiro atoms. The van der Waals surface area contributed by atoms with Crippen molar-refractivity contribution in [1.82, 2.24) is 59.3 Å². The van der Waals surface area contributed by atoms with Crippen LogP contribution < -0.4 is 10.6 Å². The number of aromatic nitrogens is 10. The lowest BCUT2D eigenvalue weighted by Gasteiger charge is -2.23. The molecule has 458 valence electrons. The summed E-state index contributed by atoms with van der Waals surface area (Å²) >= 11 is 6.47. The van der Waals surface area contributed by atoms with E-state index in [9.17, 15) is 50.8 Å². The highest BCUT2D eigenvalue weighted by atomic mass is 79.9. The van der Waals surface area contributed by atoms with E-state index in [0.717, 1.165) is 0 Å². The van der Waals surface area contributed by atoms with E-state index in [4.69, 9.17) is 4.74 Å². The first kappa shape index (κ1) is 63.9. The lowest BCUT2D eigenvalue weighted by Crippen LogP contribution is -2.44. The molecular formula is C57H55Br2F2N15O10S2. The Morgan fingerprint density at radius 3 is 1.48 bits per heavy atom. The maximum Gasteiger partial charge on any atom is 0.442 e. The number of benzene rings is 2. The number of carbonyl (C=O) groups is 7. The standard InChI is InChI=1S/C31H32BrFN8O6S.C26H23BrFN7O4S/c1-17(42)27-21-11-18(19-13-34-29(35-14-19)48(5,46)39-30(45)47-31(2,3)4)9-10-22(21)41(38-27)16-26(43)40-15-20(33)12-23(40)28(44)37-25-8-6-7-24(32)36-25;1-14(36)24-18-8-15(16-10-29-26(30-11-16)40(2)39)6-7-19(18)35(33-24)13-23(37)34-12-17(28)9-20(34)25(38)32-22-5-3-4-21(27)31-22/h6-11,13-14,20,23H,12,15-16H2,1-5H3,(H,36,37,44);3-8,10-11,17,20H,9,12-13H2,1-2H3,(H,31,32,38)/t20-,23+,48?;17-,20+,40?/m11/s1. The number of fused-ring (bicyclic) bond motifs is 2. The molecule has 0 radical (unpaired) electrons. The van der Waals surface area contributed by atoms with Gasteiger partial charge in [-0.3, -0.25) is 42.3 Å². The molecule has 25 nitrogen and oxygen atoms in total. The molecule has 2 aromatic carbocycles. The van der Waals surface area contributed by atoms with E-state index >= 15 is 0 Å². The zero-order chi connectivity index (χ0) is 63.5. The number of hydrogen-bond donors (Lipinski definition) is 2. The van der Waals surface area contributed by atoms with Crippen LogP contribution in [0.1, 0.15) is 68.4 Å². The lowest BCUT2D eigenvalue weighted by atomic mass is 10.0. The Kier molecular flexibility index (Phi) is 19.2. The van der Waals surface area contributed by atoms with Gasteiger partial charge in [-0.05, 0) is 112 Å². The van der Waals surface area contributed by atoms with Crippen LogP contribution in [0.4, 0.5) is 25.2 Å². The Balaban J connectivity index is 0.000000213. The van der Waals surface area contributed by atoms with Crippen LogP contribution in [-0.4, -0.2) is 165 Å². The van der Waals surface area contributed by atoms with Crippen LogP contribution in [0, 0.1) is 0 Å². The Hall–Kier alpha value is -8.55. The second kappa shape index (κ2) is 26.4. The lowest BCUT2D eigenvalue weighted by molar-refractivity contribution is -0.137. The summed E-state index contributed by atoms with van der Waals surface area (Å²) in [6, 6.07) is 18.1. The van der Waals surface area contributed by atoms with Crippen molar-refractivity contribution < 1.29 is 55.5 Å². The van der Waals surface area contributed by atoms with Crippen LogP contribution in [0.3, 0.4) is 0 Å². The van der Waals surface area contributed by atoms with Gasteiger partial charge in [0, 0.05) is 85.9 Å². The van der Waals surface area contributed by atoms with Gasteiger partial charge in [0.05, 0.1) is 34.9 Å². The molecular weight excluding hydrogens is 1320 g/mol. The normalized spacial score (nSPS) is 17.6. The molecule has 6 aromatic heterocycles. The number of anilines is 2. The summed E-state index contributed by atoms with van der Waals surface area (Å²) in [5.74, 6) is -2.30. The Morgan fingerprint density at radius 2 is 1.09 bits per heavy atom. The van der Waals surface area contributed by atoms with Gasteiger partial charge in [-0.2, -0.15) is 10.2 Å². The van der Waals surface area contributed by atoms with Gasteiger partial charge in [-0.1, -0.05) is 24.3 Å². The molecule has 2 saturated heterocycles. The Morgan fingerprint density at radius 1 is 0.670 bits per heavy atom. The molecule has 2 N–H and O–H groups in total. The van der Waals surface area contributed by atoms with Crippen LogP contribution in [0.15, 0.2) is 121 Å². The Labute approximate surface area is 520 Å². The van der Waals surface area contributed by atoms with E-state index in [2.05, 4.69) is 87.0 Å². The summed E-state index contributed by atoms with van der Waals surface area (Å²) in [6.07, 6.45) is 4.56. The van der Waals surface area contributed by atoms with Crippen LogP contribution >= 0.6 is 31.9 Å². The molecule has 2 aliphatic heterocycles. The third-order valence-electron chi connectivity index (χ3n) is 13.6. The van der Waals surface area contributed by atoms with Crippen molar-refractivity contribution in [3.05, 3.63) is 118 Å². The molecule has 0 bridgehead atoms. The van der Waals surface area contributed by atoms with E-state index in [0.29, 0.717) is 53.3 Å². The minimum atomic E-state index is -3.30. The first-order chi connectivity index (χ1) is 41.6. The summed E-state index contributed by atoms with van der Waals surface area (Å²) in [5, 5.41) is 15.0. The van der Waals surface area contributed by atoms with E-state index in [1.54, 1.807) is 106 Å². The predicted octanol–water partition coefficient (Wildman–Crippen LogP) is 7.99. The molecule has 0 aliphatic carbocycles.